The Balaban J connectivity index is 1.56. The number of fused-ring (bicyclic) bond motifs is 1. The fraction of sp³-hybridized carbons (Fsp3) is 0.400. The summed E-state index contributed by atoms with van der Waals surface area (Å²) in [6.45, 7) is 10.9. The number of benzene rings is 2. The van der Waals surface area contributed by atoms with E-state index in [1.807, 2.05) is 19.9 Å². The Kier molecular flexibility index (Phi) is 5.46. The number of aryl methyl sites for hydroxylation is 4. The van der Waals surface area contributed by atoms with Gasteiger partial charge in [-0.2, -0.15) is 0 Å². The summed E-state index contributed by atoms with van der Waals surface area (Å²) in [5, 5.41) is 4.20. The van der Waals surface area contributed by atoms with Crippen molar-refractivity contribution in [2.24, 2.45) is 0 Å². The molecular formula is C25H30N2O2. The molecule has 4 nitrogen and oxygen atoms in total. The summed E-state index contributed by atoms with van der Waals surface area (Å²) in [5.41, 5.74) is 6.51. The zero-order chi connectivity index (χ0) is 20.5. The fourth-order valence-electron chi connectivity index (χ4n) is 4.58. The van der Waals surface area contributed by atoms with Crippen molar-refractivity contribution < 1.29 is 9.21 Å². The predicted molar refractivity (Wildman–Crippen MR) is 117 cm³/mol. The average Bonchev–Trinajstić information content (AvgIpc) is 3.31. The number of carbonyl (C=O) groups is 1. The lowest BCUT2D eigenvalue weighted by atomic mass is 10.0. The van der Waals surface area contributed by atoms with Crippen LogP contribution in [0.5, 0.6) is 0 Å². The van der Waals surface area contributed by atoms with Crippen LogP contribution < -0.4 is 5.32 Å². The van der Waals surface area contributed by atoms with Crippen molar-refractivity contribution >= 4 is 16.9 Å². The molecule has 2 aromatic carbocycles. The van der Waals surface area contributed by atoms with Crippen LogP contribution >= 0.6 is 0 Å². The number of rotatable bonds is 5. The molecule has 4 heteroatoms. The molecule has 29 heavy (non-hydrogen) atoms. The maximum atomic E-state index is 13.0. The van der Waals surface area contributed by atoms with E-state index in [9.17, 15) is 4.79 Å². The third-order valence-electron chi connectivity index (χ3n) is 6.08. The van der Waals surface area contributed by atoms with Crippen LogP contribution in [0.3, 0.4) is 0 Å². The highest BCUT2D eigenvalue weighted by Gasteiger charge is 2.25. The van der Waals surface area contributed by atoms with Crippen LogP contribution in [0.2, 0.25) is 0 Å². The molecule has 1 fully saturated rings. The van der Waals surface area contributed by atoms with Gasteiger partial charge in [0.25, 0.3) is 5.91 Å². The number of nitrogens with zero attached hydrogens (tertiary/aromatic N) is 1. The molecule has 0 radical (unpaired) electrons. The summed E-state index contributed by atoms with van der Waals surface area (Å²) in [4.78, 5) is 15.5. The molecule has 1 aromatic heterocycles. The lowest BCUT2D eigenvalue weighted by Crippen LogP contribution is -2.36. The van der Waals surface area contributed by atoms with Gasteiger partial charge in [0.2, 0.25) is 0 Å². The number of carbonyl (C=O) groups excluding carboxylic acids is 1. The van der Waals surface area contributed by atoms with E-state index in [1.165, 1.54) is 24.0 Å². The molecule has 0 bridgehead atoms. The van der Waals surface area contributed by atoms with Gasteiger partial charge in [-0.3, -0.25) is 9.69 Å². The molecule has 152 valence electrons. The normalized spacial score (nSPS) is 15.7. The number of nitrogens with one attached hydrogen (secondary N) is 1. The molecule has 0 spiro atoms. The van der Waals surface area contributed by atoms with Crippen molar-refractivity contribution in [3.05, 3.63) is 70.0 Å². The average molecular weight is 391 g/mol. The SMILES string of the molecule is Cc1ccc([C@@H](CNC(=O)c2oc3cc(C)cc(C)c3c2C)N2CCCC2)cc1. The Hall–Kier alpha value is -2.59. The number of amides is 1. The minimum Gasteiger partial charge on any atom is -0.451 e. The highest BCUT2D eigenvalue weighted by Crippen LogP contribution is 2.30. The van der Waals surface area contributed by atoms with E-state index < -0.39 is 0 Å². The second-order valence-electron chi connectivity index (χ2n) is 8.39. The third-order valence-corrected chi connectivity index (χ3v) is 6.08. The Labute approximate surface area is 172 Å². The number of likely N-dealkylation sites (tertiary alicyclic amines) is 1. The molecule has 1 amide bonds. The van der Waals surface area contributed by atoms with Crippen molar-refractivity contribution in [1.82, 2.24) is 10.2 Å². The van der Waals surface area contributed by atoms with Crippen molar-refractivity contribution in [2.75, 3.05) is 19.6 Å². The standard InChI is InChI=1S/C25H30N2O2/c1-16-7-9-20(10-8-16)21(27-11-5-6-12-27)15-26-25(28)24-19(4)23-18(3)13-17(2)14-22(23)29-24/h7-10,13-14,21H,5-6,11-12,15H2,1-4H3,(H,26,28)/t21-/m1/s1. The van der Waals surface area contributed by atoms with Gasteiger partial charge >= 0.3 is 0 Å². The third kappa shape index (κ3) is 3.95. The molecule has 0 aliphatic carbocycles. The van der Waals surface area contributed by atoms with E-state index in [0.717, 1.165) is 40.7 Å². The molecule has 0 saturated carbocycles. The molecular weight excluding hydrogens is 360 g/mol. The maximum absolute atomic E-state index is 13.0. The predicted octanol–water partition coefficient (Wildman–Crippen LogP) is 5.23. The first-order valence-corrected chi connectivity index (χ1v) is 10.5. The summed E-state index contributed by atoms with van der Waals surface area (Å²) in [6.07, 6.45) is 2.44. The number of furan rings is 1. The largest absolute Gasteiger partial charge is 0.451 e. The smallest absolute Gasteiger partial charge is 0.287 e. The van der Waals surface area contributed by atoms with Crippen LogP contribution in [0.25, 0.3) is 11.0 Å². The van der Waals surface area contributed by atoms with Crippen LogP contribution in [0.1, 0.15) is 57.3 Å². The number of hydrogen-bond donors (Lipinski definition) is 1. The van der Waals surface area contributed by atoms with Gasteiger partial charge in [0.1, 0.15) is 5.58 Å². The second kappa shape index (κ2) is 8.03. The highest BCUT2D eigenvalue weighted by atomic mass is 16.3. The first kappa shape index (κ1) is 19.7. The highest BCUT2D eigenvalue weighted by molar-refractivity contribution is 6.00. The molecule has 3 aromatic rings. The van der Waals surface area contributed by atoms with Crippen molar-refractivity contribution in [3.8, 4) is 0 Å². The van der Waals surface area contributed by atoms with Gasteiger partial charge in [0.15, 0.2) is 5.76 Å². The molecule has 0 unspecified atom stereocenters. The van der Waals surface area contributed by atoms with Crippen LogP contribution in [0.4, 0.5) is 0 Å². The van der Waals surface area contributed by atoms with Gasteiger partial charge in [0.05, 0.1) is 6.04 Å². The Morgan fingerprint density at radius 3 is 2.41 bits per heavy atom. The molecule has 1 aliphatic heterocycles. The van der Waals surface area contributed by atoms with Crippen LogP contribution in [-0.2, 0) is 0 Å². The Morgan fingerprint density at radius 1 is 1.03 bits per heavy atom. The Bertz CT molecular complexity index is 1030. The quantitative estimate of drug-likeness (QED) is 0.648. The molecule has 4 rings (SSSR count). The monoisotopic (exact) mass is 390 g/mol. The second-order valence-corrected chi connectivity index (χ2v) is 8.39. The van der Waals surface area contributed by atoms with E-state index in [0.29, 0.717) is 12.3 Å². The van der Waals surface area contributed by atoms with Gasteiger partial charge in [-0.25, -0.2) is 0 Å². The van der Waals surface area contributed by atoms with E-state index in [2.05, 4.69) is 54.4 Å². The first-order chi connectivity index (χ1) is 13.9. The van der Waals surface area contributed by atoms with Crippen molar-refractivity contribution in [3.63, 3.8) is 0 Å². The Morgan fingerprint density at radius 2 is 1.72 bits per heavy atom. The molecule has 1 saturated heterocycles. The van der Waals surface area contributed by atoms with E-state index >= 15 is 0 Å². The summed E-state index contributed by atoms with van der Waals surface area (Å²) in [6, 6.07) is 13.0. The van der Waals surface area contributed by atoms with Gasteiger partial charge in [-0.1, -0.05) is 35.9 Å². The first-order valence-electron chi connectivity index (χ1n) is 10.5. The summed E-state index contributed by atoms with van der Waals surface area (Å²) in [5.74, 6) is 0.296. The molecule has 2 heterocycles. The minimum atomic E-state index is -0.132. The van der Waals surface area contributed by atoms with Gasteiger partial charge in [0, 0.05) is 17.5 Å². The van der Waals surface area contributed by atoms with E-state index in [-0.39, 0.29) is 11.9 Å². The maximum Gasteiger partial charge on any atom is 0.287 e. The molecule has 1 atom stereocenters. The lowest BCUT2D eigenvalue weighted by molar-refractivity contribution is 0.0911. The molecule has 1 N–H and O–H groups in total. The lowest BCUT2D eigenvalue weighted by Gasteiger charge is -2.28. The zero-order valence-corrected chi connectivity index (χ0v) is 17.8. The van der Waals surface area contributed by atoms with Gasteiger partial charge < -0.3 is 9.73 Å². The number of hydrogen-bond acceptors (Lipinski definition) is 3. The van der Waals surface area contributed by atoms with Crippen molar-refractivity contribution in [1.29, 1.82) is 0 Å². The fourth-order valence-corrected chi connectivity index (χ4v) is 4.58. The van der Waals surface area contributed by atoms with E-state index in [1.54, 1.807) is 0 Å². The van der Waals surface area contributed by atoms with Crippen LogP contribution in [-0.4, -0.2) is 30.4 Å². The summed E-state index contributed by atoms with van der Waals surface area (Å²) >= 11 is 0. The van der Waals surface area contributed by atoms with Crippen LogP contribution in [0, 0.1) is 27.7 Å². The van der Waals surface area contributed by atoms with Gasteiger partial charge in [-0.15, -0.1) is 0 Å². The topological polar surface area (TPSA) is 45.5 Å². The minimum absolute atomic E-state index is 0.132. The molecule has 1 aliphatic rings. The zero-order valence-electron chi connectivity index (χ0n) is 17.8. The summed E-state index contributed by atoms with van der Waals surface area (Å²) in [7, 11) is 0. The summed E-state index contributed by atoms with van der Waals surface area (Å²) < 4.78 is 5.98. The van der Waals surface area contributed by atoms with Gasteiger partial charge in [-0.05, 0) is 76.4 Å². The van der Waals surface area contributed by atoms with Crippen LogP contribution in [0.15, 0.2) is 40.8 Å². The van der Waals surface area contributed by atoms with Crippen molar-refractivity contribution in [2.45, 2.75) is 46.6 Å². The van der Waals surface area contributed by atoms with E-state index in [4.69, 9.17) is 4.42 Å².